The summed E-state index contributed by atoms with van der Waals surface area (Å²) in [6.07, 6.45) is 5.47. The summed E-state index contributed by atoms with van der Waals surface area (Å²) < 4.78 is 5.99. The number of nitrogens with zero attached hydrogens (tertiary/aromatic N) is 3. The lowest BCUT2D eigenvalue weighted by Gasteiger charge is -2.34. The number of amides is 1. The lowest BCUT2D eigenvalue weighted by molar-refractivity contribution is -0.136. The zero-order valence-corrected chi connectivity index (χ0v) is 15.5. The van der Waals surface area contributed by atoms with Gasteiger partial charge in [0, 0.05) is 18.0 Å². The molecule has 0 bridgehead atoms. The summed E-state index contributed by atoms with van der Waals surface area (Å²) in [5, 5.41) is 0.722. The van der Waals surface area contributed by atoms with Crippen molar-refractivity contribution in [2.45, 2.75) is 31.7 Å². The summed E-state index contributed by atoms with van der Waals surface area (Å²) in [5.74, 6) is 1.59. The van der Waals surface area contributed by atoms with Gasteiger partial charge in [0.2, 0.25) is 11.8 Å². The van der Waals surface area contributed by atoms with Gasteiger partial charge in [-0.25, -0.2) is 4.98 Å². The van der Waals surface area contributed by atoms with E-state index < -0.39 is 0 Å². The molecule has 2 heterocycles. The number of oxazole rings is 1. The zero-order chi connectivity index (χ0) is 17.8. The molecule has 1 saturated heterocycles. The van der Waals surface area contributed by atoms with Gasteiger partial charge in [-0.2, -0.15) is 0 Å². The van der Waals surface area contributed by atoms with Crippen LogP contribution in [0.4, 0.5) is 0 Å². The molecule has 1 atom stereocenters. The fraction of sp³-hybridized carbons (Fsp3) is 0.474. The lowest BCUT2D eigenvalue weighted by Crippen LogP contribution is -2.42. The van der Waals surface area contributed by atoms with E-state index in [2.05, 4.69) is 4.98 Å². The smallest absolute Gasteiger partial charge is 0.237 e. The number of hydrogen-bond acceptors (Lipinski definition) is 4. The standard InChI is InChI=1S/C19H24ClN3O2/c1-22(2)13-18(24)23-10-4-3-5-17(23)19-21-12-16(25-19)11-14-6-8-15(20)9-7-14/h6-9,12,17H,3-5,10-11,13H2,1-2H3/t17-/m1/s1. The molecule has 0 N–H and O–H groups in total. The van der Waals surface area contributed by atoms with E-state index >= 15 is 0 Å². The Kier molecular flexibility index (Phi) is 5.76. The number of carbonyl (C=O) groups is 1. The van der Waals surface area contributed by atoms with Gasteiger partial charge in [-0.15, -0.1) is 0 Å². The first-order chi connectivity index (χ1) is 12.0. The molecular weight excluding hydrogens is 338 g/mol. The number of aromatic nitrogens is 1. The number of likely N-dealkylation sites (N-methyl/N-ethyl adjacent to an activating group) is 1. The normalized spacial score (nSPS) is 17.9. The van der Waals surface area contributed by atoms with Gasteiger partial charge in [0.1, 0.15) is 11.8 Å². The fourth-order valence-electron chi connectivity index (χ4n) is 3.21. The van der Waals surface area contributed by atoms with Gasteiger partial charge in [-0.05, 0) is 51.1 Å². The van der Waals surface area contributed by atoms with Gasteiger partial charge in [0.15, 0.2) is 0 Å². The van der Waals surface area contributed by atoms with Crippen LogP contribution in [0.5, 0.6) is 0 Å². The molecule has 3 rings (SSSR count). The molecule has 0 radical (unpaired) electrons. The number of halogens is 1. The number of hydrogen-bond donors (Lipinski definition) is 0. The number of benzene rings is 1. The van der Waals surface area contributed by atoms with Crippen molar-refractivity contribution in [1.29, 1.82) is 0 Å². The summed E-state index contributed by atoms with van der Waals surface area (Å²) in [6.45, 7) is 1.18. The van der Waals surface area contributed by atoms with Gasteiger partial charge < -0.3 is 14.2 Å². The number of carbonyl (C=O) groups excluding carboxylic acids is 1. The molecule has 5 nitrogen and oxygen atoms in total. The van der Waals surface area contributed by atoms with Crippen molar-refractivity contribution in [3.63, 3.8) is 0 Å². The van der Waals surface area contributed by atoms with Crippen molar-refractivity contribution < 1.29 is 9.21 Å². The van der Waals surface area contributed by atoms with Crippen molar-refractivity contribution in [2.24, 2.45) is 0 Å². The highest BCUT2D eigenvalue weighted by Gasteiger charge is 2.31. The molecule has 0 aliphatic carbocycles. The molecule has 25 heavy (non-hydrogen) atoms. The van der Waals surface area contributed by atoms with Crippen LogP contribution >= 0.6 is 11.6 Å². The highest BCUT2D eigenvalue weighted by molar-refractivity contribution is 6.30. The first kappa shape index (κ1) is 18.0. The molecule has 0 saturated carbocycles. The van der Waals surface area contributed by atoms with Crippen LogP contribution in [0.1, 0.15) is 42.5 Å². The Morgan fingerprint density at radius 1 is 1.32 bits per heavy atom. The molecule has 1 aliphatic heterocycles. The second kappa shape index (κ2) is 8.02. The first-order valence-electron chi connectivity index (χ1n) is 8.66. The molecule has 1 aromatic carbocycles. The Bertz CT molecular complexity index is 712. The third kappa shape index (κ3) is 4.61. The highest BCUT2D eigenvalue weighted by atomic mass is 35.5. The van der Waals surface area contributed by atoms with Crippen LogP contribution in [0.2, 0.25) is 5.02 Å². The molecule has 1 fully saturated rings. The third-order valence-corrected chi connectivity index (χ3v) is 4.67. The van der Waals surface area contributed by atoms with Crippen LogP contribution in [0, 0.1) is 0 Å². The maximum absolute atomic E-state index is 12.5. The van der Waals surface area contributed by atoms with E-state index in [4.69, 9.17) is 16.0 Å². The predicted molar refractivity (Wildman–Crippen MR) is 97.6 cm³/mol. The molecular formula is C19H24ClN3O2. The lowest BCUT2D eigenvalue weighted by atomic mass is 10.0. The Hall–Kier alpha value is -1.85. The van der Waals surface area contributed by atoms with Gasteiger partial charge in [0.05, 0.1) is 12.7 Å². The van der Waals surface area contributed by atoms with Gasteiger partial charge in [-0.3, -0.25) is 4.79 Å². The topological polar surface area (TPSA) is 49.6 Å². The molecule has 2 aromatic rings. The van der Waals surface area contributed by atoms with Crippen molar-refractivity contribution in [2.75, 3.05) is 27.2 Å². The second-order valence-corrected chi connectivity index (χ2v) is 7.24. The summed E-state index contributed by atoms with van der Waals surface area (Å²) in [6, 6.07) is 7.66. The summed E-state index contributed by atoms with van der Waals surface area (Å²) in [7, 11) is 3.82. The Balaban J connectivity index is 1.72. The number of rotatable bonds is 5. The third-order valence-electron chi connectivity index (χ3n) is 4.42. The molecule has 1 aromatic heterocycles. The SMILES string of the molecule is CN(C)CC(=O)N1CCCC[C@@H]1c1ncc(Cc2ccc(Cl)cc2)o1. The van der Waals surface area contributed by atoms with Crippen LogP contribution in [0.3, 0.4) is 0 Å². The van der Waals surface area contributed by atoms with Crippen molar-refractivity contribution in [3.8, 4) is 0 Å². The van der Waals surface area contributed by atoms with Crippen molar-refractivity contribution in [3.05, 3.63) is 52.7 Å². The van der Waals surface area contributed by atoms with E-state index in [1.807, 2.05) is 48.2 Å². The number of likely N-dealkylation sites (tertiary alicyclic amines) is 1. The van der Waals surface area contributed by atoms with E-state index in [0.29, 0.717) is 18.9 Å². The molecule has 134 valence electrons. The van der Waals surface area contributed by atoms with E-state index in [9.17, 15) is 4.79 Å². The fourth-order valence-corrected chi connectivity index (χ4v) is 3.34. The zero-order valence-electron chi connectivity index (χ0n) is 14.7. The molecule has 0 unspecified atom stereocenters. The minimum absolute atomic E-state index is 0.0554. The summed E-state index contributed by atoms with van der Waals surface area (Å²) >= 11 is 5.93. The quantitative estimate of drug-likeness (QED) is 0.817. The highest BCUT2D eigenvalue weighted by Crippen LogP contribution is 2.31. The molecule has 6 heteroatoms. The number of piperidine rings is 1. The van der Waals surface area contributed by atoms with E-state index in [1.165, 1.54) is 0 Å². The summed E-state index contributed by atoms with van der Waals surface area (Å²) in [5.41, 5.74) is 1.12. The molecule has 1 amide bonds. The molecule has 1 aliphatic rings. The van der Waals surface area contributed by atoms with Gasteiger partial charge in [0.25, 0.3) is 0 Å². The Morgan fingerprint density at radius 2 is 2.08 bits per heavy atom. The van der Waals surface area contributed by atoms with Crippen LogP contribution in [0.25, 0.3) is 0 Å². The van der Waals surface area contributed by atoms with E-state index in [-0.39, 0.29) is 11.9 Å². The average Bonchev–Trinajstić information content (AvgIpc) is 3.05. The Morgan fingerprint density at radius 3 is 2.80 bits per heavy atom. The predicted octanol–water partition coefficient (Wildman–Crippen LogP) is 3.53. The second-order valence-electron chi connectivity index (χ2n) is 6.80. The maximum atomic E-state index is 12.5. The monoisotopic (exact) mass is 361 g/mol. The van der Waals surface area contributed by atoms with Crippen LogP contribution in [0.15, 0.2) is 34.9 Å². The van der Waals surface area contributed by atoms with Crippen LogP contribution in [-0.4, -0.2) is 47.9 Å². The van der Waals surface area contributed by atoms with Crippen LogP contribution in [-0.2, 0) is 11.2 Å². The first-order valence-corrected chi connectivity index (χ1v) is 9.04. The minimum atomic E-state index is -0.0554. The summed E-state index contributed by atoms with van der Waals surface area (Å²) in [4.78, 5) is 20.8. The van der Waals surface area contributed by atoms with Gasteiger partial charge >= 0.3 is 0 Å². The maximum Gasteiger partial charge on any atom is 0.237 e. The largest absolute Gasteiger partial charge is 0.443 e. The minimum Gasteiger partial charge on any atom is -0.443 e. The molecule has 0 spiro atoms. The van der Waals surface area contributed by atoms with Gasteiger partial charge in [-0.1, -0.05) is 23.7 Å². The van der Waals surface area contributed by atoms with Crippen LogP contribution < -0.4 is 0 Å². The van der Waals surface area contributed by atoms with Crippen molar-refractivity contribution >= 4 is 17.5 Å². The van der Waals surface area contributed by atoms with E-state index in [0.717, 1.165) is 42.2 Å². The average molecular weight is 362 g/mol. The van der Waals surface area contributed by atoms with E-state index in [1.54, 1.807) is 6.20 Å². The van der Waals surface area contributed by atoms with Crippen molar-refractivity contribution in [1.82, 2.24) is 14.8 Å². The Labute approximate surface area is 153 Å².